The van der Waals surface area contributed by atoms with Crippen molar-refractivity contribution in [3.05, 3.63) is 23.4 Å². The van der Waals surface area contributed by atoms with Crippen molar-refractivity contribution >= 4 is 5.82 Å². The highest BCUT2D eigenvalue weighted by Crippen LogP contribution is 2.28. The Labute approximate surface area is 111 Å². The number of hydrogen-bond acceptors (Lipinski definition) is 2. The molecule has 1 aromatic rings. The topological polar surface area (TPSA) is 16.1 Å². The zero-order chi connectivity index (χ0) is 13.3. The van der Waals surface area contributed by atoms with Gasteiger partial charge in [-0.05, 0) is 42.7 Å². The molecule has 1 atom stereocenters. The van der Waals surface area contributed by atoms with E-state index in [0.29, 0.717) is 5.92 Å². The van der Waals surface area contributed by atoms with Crippen LogP contribution in [0.3, 0.4) is 0 Å². The summed E-state index contributed by atoms with van der Waals surface area (Å²) in [6, 6.07) is 4.45. The summed E-state index contributed by atoms with van der Waals surface area (Å²) in [7, 11) is 0. The fraction of sp³-hybridized carbons (Fsp3) is 0.688. The van der Waals surface area contributed by atoms with Crippen LogP contribution >= 0.6 is 0 Å². The van der Waals surface area contributed by atoms with Crippen LogP contribution in [0, 0.1) is 18.8 Å². The highest BCUT2D eigenvalue weighted by Gasteiger charge is 2.25. The molecule has 0 radical (unpaired) electrons. The molecule has 1 aromatic heterocycles. The molecule has 0 saturated carbocycles. The molecule has 0 spiro atoms. The van der Waals surface area contributed by atoms with E-state index in [-0.39, 0.29) is 0 Å². The molecular weight excluding hydrogens is 220 g/mol. The highest BCUT2D eigenvalue weighted by molar-refractivity contribution is 5.43. The van der Waals surface area contributed by atoms with E-state index in [2.05, 4.69) is 51.7 Å². The summed E-state index contributed by atoms with van der Waals surface area (Å²) < 4.78 is 0. The Hall–Kier alpha value is -1.05. The van der Waals surface area contributed by atoms with E-state index in [1.165, 1.54) is 30.0 Å². The van der Waals surface area contributed by atoms with Crippen molar-refractivity contribution < 1.29 is 0 Å². The molecule has 0 amide bonds. The minimum Gasteiger partial charge on any atom is -0.356 e. The van der Waals surface area contributed by atoms with E-state index in [4.69, 9.17) is 4.98 Å². The molecule has 1 unspecified atom stereocenters. The van der Waals surface area contributed by atoms with Crippen LogP contribution in [0.4, 0.5) is 5.82 Å². The van der Waals surface area contributed by atoms with Gasteiger partial charge >= 0.3 is 0 Å². The van der Waals surface area contributed by atoms with Crippen molar-refractivity contribution in [2.24, 2.45) is 11.8 Å². The first-order valence-corrected chi connectivity index (χ1v) is 7.21. The van der Waals surface area contributed by atoms with Gasteiger partial charge in [-0.15, -0.1) is 0 Å². The van der Waals surface area contributed by atoms with Gasteiger partial charge in [0, 0.05) is 18.8 Å². The Morgan fingerprint density at radius 3 is 2.44 bits per heavy atom. The molecule has 1 aliphatic heterocycles. The van der Waals surface area contributed by atoms with E-state index < -0.39 is 0 Å². The minimum absolute atomic E-state index is 0.563. The normalized spacial score (nSPS) is 20.2. The molecule has 0 N–H and O–H groups in total. The quantitative estimate of drug-likeness (QED) is 0.801. The Morgan fingerprint density at radius 1 is 1.22 bits per heavy atom. The smallest absolute Gasteiger partial charge is 0.128 e. The zero-order valence-corrected chi connectivity index (χ0v) is 12.4. The Bertz CT molecular complexity index is 410. The van der Waals surface area contributed by atoms with E-state index in [0.717, 1.165) is 18.4 Å². The molecule has 1 fully saturated rings. The minimum atomic E-state index is 0.563. The molecular formula is C16H26N2. The number of pyridine rings is 1. The number of aromatic nitrogens is 1. The number of aryl methyl sites for hydroxylation is 1. The van der Waals surface area contributed by atoms with Crippen molar-refractivity contribution in [3.8, 4) is 0 Å². The van der Waals surface area contributed by atoms with Gasteiger partial charge in [0.05, 0.1) is 0 Å². The van der Waals surface area contributed by atoms with E-state index in [1.54, 1.807) is 0 Å². The molecule has 1 aliphatic rings. The molecule has 2 heteroatoms. The summed E-state index contributed by atoms with van der Waals surface area (Å²) in [5.74, 6) is 3.34. The number of nitrogens with zero attached hydrogens (tertiary/aromatic N) is 2. The van der Waals surface area contributed by atoms with Crippen LogP contribution in [-0.4, -0.2) is 18.1 Å². The summed E-state index contributed by atoms with van der Waals surface area (Å²) in [5.41, 5.74) is 2.56. The third-order valence-electron chi connectivity index (χ3n) is 4.23. The zero-order valence-electron chi connectivity index (χ0n) is 12.4. The Kier molecular flexibility index (Phi) is 3.94. The van der Waals surface area contributed by atoms with Crippen molar-refractivity contribution in [1.82, 2.24) is 4.98 Å². The molecule has 2 heterocycles. The predicted molar refractivity (Wildman–Crippen MR) is 78.2 cm³/mol. The number of hydrogen-bond donors (Lipinski definition) is 0. The molecule has 0 aliphatic carbocycles. The monoisotopic (exact) mass is 246 g/mol. The van der Waals surface area contributed by atoms with Gasteiger partial charge in [0.2, 0.25) is 0 Å². The van der Waals surface area contributed by atoms with Gasteiger partial charge in [-0.1, -0.05) is 33.8 Å². The summed E-state index contributed by atoms with van der Waals surface area (Å²) >= 11 is 0. The van der Waals surface area contributed by atoms with Gasteiger partial charge in [-0.3, -0.25) is 0 Å². The maximum atomic E-state index is 4.80. The molecule has 100 valence electrons. The van der Waals surface area contributed by atoms with Gasteiger partial charge in [-0.25, -0.2) is 4.98 Å². The predicted octanol–water partition coefficient (Wildman–Crippen LogP) is 4.00. The lowest BCUT2D eigenvalue weighted by Gasteiger charge is -2.20. The maximum absolute atomic E-state index is 4.80. The standard InChI is InChI=1S/C16H26N2/c1-11(2)14-8-9-18(10-14)16-7-6-15(12(3)4)13(5)17-16/h6-7,11-12,14H,8-10H2,1-5H3. The molecule has 2 rings (SSSR count). The SMILES string of the molecule is Cc1nc(N2CCC(C(C)C)C2)ccc1C(C)C. The van der Waals surface area contributed by atoms with Crippen molar-refractivity contribution in [2.75, 3.05) is 18.0 Å². The highest BCUT2D eigenvalue weighted by atomic mass is 15.2. The molecule has 18 heavy (non-hydrogen) atoms. The van der Waals surface area contributed by atoms with Crippen LogP contribution < -0.4 is 4.90 Å². The van der Waals surface area contributed by atoms with E-state index in [9.17, 15) is 0 Å². The van der Waals surface area contributed by atoms with Gasteiger partial charge in [0.1, 0.15) is 5.82 Å². The van der Waals surface area contributed by atoms with Gasteiger partial charge in [0.15, 0.2) is 0 Å². The van der Waals surface area contributed by atoms with Crippen LogP contribution in [-0.2, 0) is 0 Å². The first-order chi connectivity index (χ1) is 8.49. The Morgan fingerprint density at radius 2 is 1.94 bits per heavy atom. The fourth-order valence-electron chi connectivity index (χ4n) is 2.88. The van der Waals surface area contributed by atoms with Crippen LogP contribution in [0.2, 0.25) is 0 Å². The molecule has 2 nitrogen and oxygen atoms in total. The molecule has 0 aromatic carbocycles. The maximum Gasteiger partial charge on any atom is 0.128 e. The van der Waals surface area contributed by atoms with Crippen LogP contribution in [0.1, 0.15) is 51.3 Å². The van der Waals surface area contributed by atoms with Gasteiger partial charge in [0.25, 0.3) is 0 Å². The van der Waals surface area contributed by atoms with Crippen molar-refractivity contribution in [2.45, 2.75) is 47.0 Å². The first kappa shape index (κ1) is 13.4. The summed E-state index contributed by atoms with van der Waals surface area (Å²) in [6.07, 6.45) is 1.31. The summed E-state index contributed by atoms with van der Waals surface area (Å²) in [5, 5.41) is 0. The molecule has 1 saturated heterocycles. The number of anilines is 1. The average Bonchev–Trinajstić information content (AvgIpc) is 2.77. The van der Waals surface area contributed by atoms with Crippen LogP contribution in [0.15, 0.2) is 12.1 Å². The molecule has 0 bridgehead atoms. The third-order valence-corrected chi connectivity index (χ3v) is 4.23. The third kappa shape index (κ3) is 2.68. The van der Waals surface area contributed by atoms with Crippen LogP contribution in [0.25, 0.3) is 0 Å². The largest absolute Gasteiger partial charge is 0.356 e. The van der Waals surface area contributed by atoms with E-state index in [1.807, 2.05) is 0 Å². The lowest BCUT2D eigenvalue weighted by molar-refractivity contribution is 0.422. The number of rotatable bonds is 3. The average molecular weight is 246 g/mol. The van der Waals surface area contributed by atoms with Crippen molar-refractivity contribution in [3.63, 3.8) is 0 Å². The second kappa shape index (κ2) is 5.29. The van der Waals surface area contributed by atoms with Crippen molar-refractivity contribution in [1.29, 1.82) is 0 Å². The lowest BCUT2D eigenvalue weighted by Crippen LogP contribution is -2.22. The summed E-state index contributed by atoms with van der Waals surface area (Å²) in [6.45, 7) is 13.6. The lowest BCUT2D eigenvalue weighted by atomic mass is 9.95. The van der Waals surface area contributed by atoms with Crippen LogP contribution in [0.5, 0.6) is 0 Å². The second-order valence-corrected chi connectivity index (χ2v) is 6.24. The Balaban J connectivity index is 2.13. The summed E-state index contributed by atoms with van der Waals surface area (Å²) in [4.78, 5) is 7.24. The second-order valence-electron chi connectivity index (χ2n) is 6.24. The fourth-order valence-corrected chi connectivity index (χ4v) is 2.88. The first-order valence-electron chi connectivity index (χ1n) is 7.21. The van der Waals surface area contributed by atoms with E-state index >= 15 is 0 Å². The van der Waals surface area contributed by atoms with Gasteiger partial charge in [-0.2, -0.15) is 0 Å². The van der Waals surface area contributed by atoms with Gasteiger partial charge < -0.3 is 4.90 Å².